The zero-order valence-electron chi connectivity index (χ0n) is 14.2. The first kappa shape index (κ1) is 18.7. The molecule has 7 heteroatoms. The molecule has 0 unspecified atom stereocenters. The van der Waals surface area contributed by atoms with Crippen LogP contribution in [0.4, 0.5) is 17.1 Å². The Morgan fingerprint density at radius 3 is 1.77 bits per heavy atom. The van der Waals surface area contributed by atoms with Crippen molar-refractivity contribution in [3.05, 3.63) is 54.1 Å². The molecule has 2 aromatic rings. The first-order valence-corrected chi connectivity index (χ1v) is 7.89. The van der Waals surface area contributed by atoms with E-state index in [9.17, 15) is 14.4 Å². The third-order valence-electron chi connectivity index (χ3n) is 3.33. The summed E-state index contributed by atoms with van der Waals surface area (Å²) in [4.78, 5) is 34.8. The molecule has 2 aromatic carbocycles. The summed E-state index contributed by atoms with van der Waals surface area (Å²) in [5, 5.41) is 16.9. The molecule has 0 saturated heterocycles. The summed E-state index contributed by atoms with van der Waals surface area (Å²) >= 11 is 0. The van der Waals surface area contributed by atoms with Gasteiger partial charge in [0.2, 0.25) is 11.8 Å². The maximum Gasteiger partial charge on any atom is 0.233 e. The maximum absolute atomic E-state index is 11.9. The normalized spacial score (nSPS) is 9.69. The molecule has 0 spiro atoms. The molecule has 26 heavy (non-hydrogen) atoms. The van der Waals surface area contributed by atoms with Crippen LogP contribution in [0, 0.1) is 11.3 Å². The molecule has 0 radical (unpaired) electrons. The van der Waals surface area contributed by atoms with Crippen LogP contribution in [-0.2, 0) is 14.4 Å². The summed E-state index contributed by atoms with van der Waals surface area (Å²) in [6, 6.07) is 15.2. The molecule has 0 atom stereocenters. The molecular formula is C19H18N4O3. The quantitative estimate of drug-likeness (QED) is 0.665. The van der Waals surface area contributed by atoms with E-state index in [1.165, 1.54) is 6.92 Å². The molecule has 2 rings (SSSR count). The van der Waals surface area contributed by atoms with Crippen molar-refractivity contribution in [2.75, 3.05) is 22.5 Å². The van der Waals surface area contributed by atoms with E-state index in [4.69, 9.17) is 5.26 Å². The van der Waals surface area contributed by atoms with Gasteiger partial charge in [0, 0.05) is 17.1 Å². The smallest absolute Gasteiger partial charge is 0.233 e. The molecule has 0 aromatic heterocycles. The largest absolute Gasteiger partial charge is 0.378 e. The van der Waals surface area contributed by atoms with E-state index in [-0.39, 0.29) is 18.7 Å². The fraction of sp³-hybridized carbons (Fsp3) is 0.158. The number of ketones is 1. The number of carbonyl (C=O) groups is 3. The van der Waals surface area contributed by atoms with E-state index in [1.54, 1.807) is 48.5 Å². The number of anilines is 3. The van der Waals surface area contributed by atoms with Crippen LogP contribution in [0.3, 0.4) is 0 Å². The number of benzene rings is 2. The van der Waals surface area contributed by atoms with Gasteiger partial charge in [0.05, 0.1) is 18.2 Å². The second kappa shape index (κ2) is 8.99. The van der Waals surface area contributed by atoms with Gasteiger partial charge < -0.3 is 16.0 Å². The highest BCUT2D eigenvalue weighted by atomic mass is 16.2. The van der Waals surface area contributed by atoms with Gasteiger partial charge in [-0.15, -0.1) is 0 Å². The predicted molar refractivity (Wildman–Crippen MR) is 98.6 cm³/mol. The lowest BCUT2D eigenvalue weighted by molar-refractivity contribution is -0.123. The van der Waals surface area contributed by atoms with Crippen LogP contribution >= 0.6 is 0 Å². The van der Waals surface area contributed by atoms with E-state index >= 15 is 0 Å². The standard InChI is InChI=1S/C19H18N4O3/c1-13(24)12-21-15-6-8-17(9-7-15)23-19(26)10-18(25)22-16-4-2-14(11-20)3-5-16/h2-9,21H,10,12H2,1H3,(H,22,25)(H,23,26). The molecule has 0 bridgehead atoms. The second-order valence-electron chi connectivity index (χ2n) is 5.60. The fourth-order valence-electron chi connectivity index (χ4n) is 2.08. The van der Waals surface area contributed by atoms with Crippen molar-refractivity contribution >= 4 is 34.7 Å². The maximum atomic E-state index is 11.9. The molecule has 0 fully saturated rings. The fourth-order valence-corrected chi connectivity index (χ4v) is 2.08. The van der Waals surface area contributed by atoms with Crippen molar-refractivity contribution in [2.24, 2.45) is 0 Å². The topological polar surface area (TPSA) is 111 Å². The minimum Gasteiger partial charge on any atom is -0.378 e. The van der Waals surface area contributed by atoms with Crippen LogP contribution in [0.1, 0.15) is 18.9 Å². The number of Topliss-reactive ketones (excluding diaryl/α,β-unsaturated/α-hetero) is 1. The van der Waals surface area contributed by atoms with Crippen LogP contribution in [0.25, 0.3) is 0 Å². The highest BCUT2D eigenvalue weighted by molar-refractivity contribution is 6.08. The molecule has 0 saturated carbocycles. The van der Waals surface area contributed by atoms with Crippen LogP contribution in [-0.4, -0.2) is 24.1 Å². The molecule has 0 aliphatic heterocycles. The number of hydrogen-bond acceptors (Lipinski definition) is 5. The van der Waals surface area contributed by atoms with Crippen molar-refractivity contribution in [1.82, 2.24) is 0 Å². The summed E-state index contributed by atoms with van der Waals surface area (Å²) < 4.78 is 0. The third-order valence-corrected chi connectivity index (χ3v) is 3.33. The lowest BCUT2D eigenvalue weighted by Crippen LogP contribution is -2.21. The molecule has 0 aliphatic carbocycles. The van der Waals surface area contributed by atoms with E-state index in [0.717, 1.165) is 5.69 Å². The minimum atomic E-state index is -0.452. The number of nitriles is 1. The van der Waals surface area contributed by atoms with Gasteiger partial charge in [0.25, 0.3) is 0 Å². The second-order valence-corrected chi connectivity index (χ2v) is 5.60. The predicted octanol–water partition coefficient (Wildman–Crippen LogP) is 2.53. The number of carbonyl (C=O) groups excluding carboxylic acids is 3. The van der Waals surface area contributed by atoms with Crippen molar-refractivity contribution in [3.63, 3.8) is 0 Å². The van der Waals surface area contributed by atoms with E-state index in [2.05, 4.69) is 16.0 Å². The molecule has 3 N–H and O–H groups in total. The zero-order valence-corrected chi connectivity index (χ0v) is 14.2. The molecule has 7 nitrogen and oxygen atoms in total. The van der Waals surface area contributed by atoms with Crippen molar-refractivity contribution in [1.29, 1.82) is 5.26 Å². The van der Waals surface area contributed by atoms with Gasteiger partial charge >= 0.3 is 0 Å². The van der Waals surface area contributed by atoms with E-state index in [0.29, 0.717) is 16.9 Å². The average Bonchev–Trinajstić information content (AvgIpc) is 2.61. The number of amides is 2. The van der Waals surface area contributed by atoms with Crippen LogP contribution in [0.2, 0.25) is 0 Å². The highest BCUT2D eigenvalue weighted by Crippen LogP contribution is 2.14. The first-order valence-electron chi connectivity index (χ1n) is 7.89. The Kier molecular flexibility index (Phi) is 6.46. The van der Waals surface area contributed by atoms with E-state index in [1.807, 2.05) is 6.07 Å². The summed E-state index contributed by atoms with van der Waals surface area (Å²) in [5.41, 5.74) is 2.32. The van der Waals surface area contributed by atoms with Crippen LogP contribution in [0.15, 0.2) is 48.5 Å². The first-order chi connectivity index (χ1) is 12.5. The SMILES string of the molecule is CC(=O)CNc1ccc(NC(=O)CC(=O)Nc2ccc(C#N)cc2)cc1. The molecule has 0 heterocycles. The van der Waals surface area contributed by atoms with Crippen LogP contribution < -0.4 is 16.0 Å². The lowest BCUT2D eigenvalue weighted by Gasteiger charge is -2.08. The Bertz CT molecular complexity index is 837. The molecule has 2 amide bonds. The number of nitrogens with one attached hydrogen (secondary N) is 3. The number of nitrogens with zero attached hydrogens (tertiary/aromatic N) is 1. The molecular weight excluding hydrogens is 332 g/mol. The zero-order chi connectivity index (χ0) is 18.9. The Morgan fingerprint density at radius 1 is 0.846 bits per heavy atom. The Hall–Kier alpha value is -3.66. The monoisotopic (exact) mass is 350 g/mol. The van der Waals surface area contributed by atoms with Gasteiger partial charge in [-0.1, -0.05) is 0 Å². The summed E-state index contributed by atoms with van der Waals surface area (Å²) in [7, 11) is 0. The third kappa shape index (κ3) is 6.09. The van der Waals surface area contributed by atoms with E-state index < -0.39 is 11.8 Å². The summed E-state index contributed by atoms with van der Waals surface area (Å²) in [6.07, 6.45) is -0.329. The average molecular weight is 350 g/mol. The summed E-state index contributed by atoms with van der Waals surface area (Å²) in [6.45, 7) is 1.73. The van der Waals surface area contributed by atoms with Crippen molar-refractivity contribution in [2.45, 2.75) is 13.3 Å². The Balaban J connectivity index is 1.82. The Morgan fingerprint density at radius 2 is 1.31 bits per heavy atom. The van der Waals surface area contributed by atoms with Crippen molar-refractivity contribution < 1.29 is 14.4 Å². The lowest BCUT2D eigenvalue weighted by atomic mass is 10.2. The van der Waals surface area contributed by atoms with Gasteiger partial charge in [0.1, 0.15) is 12.2 Å². The van der Waals surface area contributed by atoms with Gasteiger partial charge in [-0.3, -0.25) is 14.4 Å². The van der Waals surface area contributed by atoms with Gasteiger partial charge in [-0.05, 0) is 55.5 Å². The molecule has 0 aliphatic rings. The molecule has 132 valence electrons. The van der Waals surface area contributed by atoms with Gasteiger partial charge in [0.15, 0.2) is 0 Å². The highest BCUT2D eigenvalue weighted by Gasteiger charge is 2.10. The van der Waals surface area contributed by atoms with Crippen molar-refractivity contribution in [3.8, 4) is 6.07 Å². The minimum absolute atomic E-state index is 0.0238. The van der Waals surface area contributed by atoms with Gasteiger partial charge in [-0.25, -0.2) is 0 Å². The van der Waals surface area contributed by atoms with Crippen LogP contribution in [0.5, 0.6) is 0 Å². The number of hydrogen-bond donors (Lipinski definition) is 3. The number of rotatable bonds is 7. The summed E-state index contributed by atoms with van der Waals surface area (Å²) in [5.74, 6) is -0.872. The Labute approximate surface area is 151 Å². The van der Waals surface area contributed by atoms with Gasteiger partial charge in [-0.2, -0.15) is 5.26 Å².